The first-order chi connectivity index (χ1) is 7.22. The smallest absolute Gasteiger partial charge is 0.139 e. The molecule has 0 atom stereocenters. The highest BCUT2D eigenvalue weighted by atomic mass is 16.5. The van der Waals surface area contributed by atoms with Crippen LogP contribution in [-0.4, -0.2) is 16.7 Å². The van der Waals surface area contributed by atoms with Crippen LogP contribution in [0.15, 0.2) is 30.5 Å². The molecule has 0 saturated heterocycles. The zero-order valence-corrected chi connectivity index (χ0v) is 9.19. The predicted molar refractivity (Wildman–Crippen MR) is 59.9 cm³/mol. The molecule has 0 unspecified atom stereocenters. The summed E-state index contributed by atoms with van der Waals surface area (Å²) in [4.78, 5) is 4.36. The minimum absolute atomic E-state index is 0.865. The zero-order valence-electron chi connectivity index (χ0n) is 9.19. The van der Waals surface area contributed by atoms with Crippen molar-refractivity contribution in [3.8, 4) is 17.1 Å². The molecule has 0 spiro atoms. The van der Waals surface area contributed by atoms with Crippen LogP contribution in [0.3, 0.4) is 0 Å². The van der Waals surface area contributed by atoms with Crippen LogP contribution in [0, 0.1) is 6.92 Å². The van der Waals surface area contributed by atoms with Gasteiger partial charge in [0, 0.05) is 24.5 Å². The summed E-state index contributed by atoms with van der Waals surface area (Å²) >= 11 is 0. The lowest BCUT2D eigenvalue weighted by molar-refractivity contribution is 0.415. The van der Waals surface area contributed by atoms with E-state index in [1.165, 1.54) is 0 Å². The zero-order chi connectivity index (χ0) is 10.8. The van der Waals surface area contributed by atoms with Crippen molar-refractivity contribution in [3.63, 3.8) is 0 Å². The van der Waals surface area contributed by atoms with Crippen molar-refractivity contribution in [2.75, 3.05) is 7.11 Å². The van der Waals surface area contributed by atoms with Crippen LogP contribution < -0.4 is 4.74 Å². The van der Waals surface area contributed by atoms with Crippen LogP contribution in [0.5, 0.6) is 5.75 Å². The summed E-state index contributed by atoms with van der Waals surface area (Å²) in [7, 11) is 3.68. The molecule has 0 saturated carbocycles. The molecule has 1 aromatic carbocycles. The van der Waals surface area contributed by atoms with Crippen molar-refractivity contribution >= 4 is 0 Å². The van der Waals surface area contributed by atoms with Crippen molar-refractivity contribution in [3.05, 3.63) is 36.2 Å². The van der Waals surface area contributed by atoms with Crippen molar-refractivity contribution in [1.82, 2.24) is 9.55 Å². The third kappa shape index (κ3) is 1.73. The van der Waals surface area contributed by atoms with Crippen LogP contribution in [0.2, 0.25) is 0 Å². The Morgan fingerprint density at radius 2 is 1.87 bits per heavy atom. The number of imidazole rings is 1. The number of aryl methyl sites for hydroxylation is 1. The molecule has 0 amide bonds. The van der Waals surface area contributed by atoms with Gasteiger partial charge in [0.25, 0.3) is 0 Å². The van der Waals surface area contributed by atoms with Gasteiger partial charge in [-0.25, -0.2) is 4.98 Å². The van der Waals surface area contributed by atoms with Crippen LogP contribution in [0.1, 0.15) is 5.69 Å². The third-order valence-electron chi connectivity index (χ3n) is 2.57. The lowest BCUT2D eigenvalue weighted by Crippen LogP contribution is -1.94. The first-order valence-electron chi connectivity index (χ1n) is 4.85. The molecule has 0 fully saturated rings. The van der Waals surface area contributed by atoms with Gasteiger partial charge < -0.3 is 9.30 Å². The van der Waals surface area contributed by atoms with Crippen molar-refractivity contribution in [1.29, 1.82) is 0 Å². The number of methoxy groups -OCH3 is 1. The van der Waals surface area contributed by atoms with Crippen LogP contribution in [0.4, 0.5) is 0 Å². The van der Waals surface area contributed by atoms with Gasteiger partial charge in [0.2, 0.25) is 0 Å². The maximum absolute atomic E-state index is 5.11. The van der Waals surface area contributed by atoms with Crippen molar-refractivity contribution < 1.29 is 4.74 Å². The van der Waals surface area contributed by atoms with Gasteiger partial charge in [0.05, 0.1) is 7.11 Å². The molecule has 3 heteroatoms. The summed E-state index contributed by atoms with van der Waals surface area (Å²) in [6.45, 7) is 2.04. The summed E-state index contributed by atoms with van der Waals surface area (Å²) in [5.41, 5.74) is 2.26. The Labute approximate surface area is 89.3 Å². The Hall–Kier alpha value is -1.77. The molecule has 0 aliphatic rings. The van der Waals surface area contributed by atoms with Gasteiger partial charge >= 0.3 is 0 Å². The minimum atomic E-state index is 0.865. The second-order valence-electron chi connectivity index (χ2n) is 3.51. The molecule has 1 heterocycles. The first-order valence-corrected chi connectivity index (χ1v) is 4.85. The Kier molecular flexibility index (Phi) is 2.46. The molecule has 1 aromatic heterocycles. The van der Waals surface area contributed by atoms with E-state index in [0.717, 1.165) is 22.8 Å². The summed E-state index contributed by atoms with van der Waals surface area (Å²) in [6, 6.07) is 7.92. The van der Waals surface area contributed by atoms with Gasteiger partial charge in [-0.1, -0.05) is 0 Å². The topological polar surface area (TPSA) is 27.1 Å². The SMILES string of the molecule is COc1ccc(-c2ncc(C)n2C)cc1. The molecule has 15 heavy (non-hydrogen) atoms. The van der Waals surface area contributed by atoms with E-state index in [1.807, 2.05) is 44.4 Å². The highest BCUT2D eigenvalue weighted by Crippen LogP contribution is 2.21. The average molecular weight is 202 g/mol. The first kappa shape index (κ1) is 9.77. The molecule has 2 aromatic rings. The fourth-order valence-electron chi connectivity index (χ4n) is 1.50. The highest BCUT2D eigenvalue weighted by molar-refractivity contribution is 5.57. The van der Waals surface area contributed by atoms with E-state index in [2.05, 4.69) is 9.55 Å². The summed E-state index contributed by atoms with van der Waals surface area (Å²) in [5, 5.41) is 0. The van der Waals surface area contributed by atoms with E-state index in [-0.39, 0.29) is 0 Å². The lowest BCUT2D eigenvalue weighted by atomic mass is 10.2. The quantitative estimate of drug-likeness (QED) is 0.747. The summed E-state index contributed by atoms with van der Waals surface area (Å²) in [5.74, 6) is 1.85. The number of hydrogen-bond acceptors (Lipinski definition) is 2. The molecular formula is C12H14N2O. The third-order valence-corrected chi connectivity index (χ3v) is 2.57. The van der Waals surface area contributed by atoms with Gasteiger partial charge in [-0.3, -0.25) is 0 Å². The Morgan fingerprint density at radius 3 is 2.33 bits per heavy atom. The summed E-state index contributed by atoms with van der Waals surface area (Å²) in [6.07, 6.45) is 1.87. The van der Waals surface area contributed by atoms with E-state index < -0.39 is 0 Å². The molecular weight excluding hydrogens is 188 g/mol. The fraction of sp³-hybridized carbons (Fsp3) is 0.250. The second-order valence-corrected chi connectivity index (χ2v) is 3.51. The van der Waals surface area contributed by atoms with Crippen molar-refractivity contribution in [2.45, 2.75) is 6.92 Å². The summed E-state index contributed by atoms with van der Waals surface area (Å²) < 4.78 is 7.18. The van der Waals surface area contributed by atoms with E-state index in [1.54, 1.807) is 7.11 Å². The largest absolute Gasteiger partial charge is 0.497 e. The number of hydrogen-bond donors (Lipinski definition) is 0. The second kappa shape index (κ2) is 3.77. The van der Waals surface area contributed by atoms with Gasteiger partial charge in [-0.15, -0.1) is 0 Å². The monoisotopic (exact) mass is 202 g/mol. The highest BCUT2D eigenvalue weighted by Gasteiger charge is 2.05. The minimum Gasteiger partial charge on any atom is -0.497 e. The predicted octanol–water partition coefficient (Wildman–Crippen LogP) is 2.40. The molecule has 0 aliphatic heterocycles. The molecule has 0 radical (unpaired) electrons. The number of rotatable bonds is 2. The Morgan fingerprint density at radius 1 is 1.20 bits per heavy atom. The number of aromatic nitrogens is 2. The van der Waals surface area contributed by atoms with Crippen LogP contribution in [-0.2, 0) is 7.05 Å². The molecule has 2 rings (SSSR count). The van der Waals surface area contributed by atoms with Gasteiger partial charge in [0.15, 0.2) is 0 Å². The Balaban J connectivity index is 2.41. The van der Waals surface area contributed by atoms with E-state index in [0.29, 0.717) is 0 Å². The molecule has 0 N–H and O–H groups in total. The normalized spacial score (nSPS) is 10.3. The maximum Gasteiger partial charge on any atom is 0.139 e. The van der Waals surface area contributed by atoms with Crippen LogP contribution >= 0.6 is 0 Å². The van der Waals surface area contributed by atoms with E-state index in [9.17, 15) is 0 Å². The van der Waals surface area contributed by atoms with Gasteiger partial charge in [0.1, 0.15) is 11.6 Å². The van der Waals surface area contributed by atoms with E-state index in [4.69, 9.17) is 4.74 Å². The van der Waals surface area contributed by atoms with E-state index >= 15 is 0 Å². The molecule has 3 nitrogen and oxygen atoms in total. The maximum atomic E-state index is 5.11. The van der Waals surface area contributed by atoms with Gasteiger partial charge in [-0.2, -0.15) is 0 Å². The lowest BCUT2D eigenvalue weighted by Gasteiger charge is -2.04. The Bertz CT molecular complexity index is 457. The number of nitrogens with zero attached hydrogens (tertiary/aromatic N) is 2. The molecule has 0 bridgehead atoms. The number of benzene rings is 1. The number of ether oxygens (including phenoxy) is 1. The average Bonchev–Trinajstić information content (AvgIpc) is 2.60. The van der Waals surface area contributed by atoms with Crippen LogP contribution in [0.25, 0.3) is 11.4 Å². The van der Waals surface area contributed by atoms with Gasteiger partial charge in [-0.05, 0) is 31.2 Å². The standard InChI is InChI=1S/C12H14N2O/c1-9-8-13-12(14(9)2)10-4-6-11(15-3)7-5-10/h4-8H,1-3H3. The molecule has 78 valence electrons. The van der Waals surface area contributed by atoms with Crippen molar-refractivity contribution in [2.24, 2.45) is 7.05 Å². The fourth-order valence-corrected chi connectivity index (χ4v) is 1.50. The molecule has 0 aliphatic carbocycles.